The number of carboxylic acids is 1. The zero-order valence-corrected chi connectivity index (χ0v) is 19.2. The summed E-state index contributed by atoms with van der Waals surface area (Å²) in [5.74, 6) is 0.253. The van der Waals surface area contributed by atoms with Gasteiger partial charge in [-0.3, -0.25) is 0 Å². The molecule has 0 heterocycles. The van der Waals surface area contributed by atoms with Crippen molar-refractivity contribution in [3.8, 4) is 11.5 Å². The number of hydrogen-bond acceptors (Lipinski definition) is 5. The van der Waals surface area contributed by atoms with E-state index >= 15 is 0 Å². The molecule has 0 amide bonds. The lowest BCUT2D eigenvalue weighted by Crippen LogP contribution is -2.40. The molecule has 0 aliphatic rings. The van der Waals surface area contributed by atoms with Crippen LogP contribution in [0.2, 0.25) is 0 Å². The van der Waals surface area contributed by atoms with Crippen LogP contribution in [0.5, 0.6) is 11.5 Å². The molecule has 0 spiro atoms. The normalized spacial score (nSPS) is 13.1. The first kappa shape index (κ1) is 25.9. The van der Waals surface area contributed by atoms with Crippen molar-refractivity contribution in [3.63, 3.8) is 0 Å². The smallest absolute Gasteiger partial charge is 0.347 e. The van der Waals surface area contributed by atoms with E-state index in [-0.39, 0.29) is 12.6 Å². The summed E-state index contributed by atoms with van der Waals surface area (Å²) in [6.45, 7) is 3.89. The van der Waals surface area contributed by atoms with E-state index in [9.17, 15) is 9.90 Å². The molecule has 2 atom stereocenters. The van der Waals surface area contributed by atoms with Crippen molar-refractivity contribution in [3.05, 3.63) is 96.1 Å². The first-order valence-corrected chi connectivity index (χ1v) is 11.0. The first-order valence-electron chi connectivity index (χ1n) is 11.0. The molecule has 0 saturated carbocycles. The Balaban J connectivity index is 0.000000294. The quantitative estimate of drug-likeness (QED) is 0.421. The van der Waals surface area contributed by atoms with Gasteiger partial charge in [-0.15, -0.1) is 0 Å². The molecule has 0 aromatic heterocycles. The highest BCUT2D eigenvalue weighted by Crippen LogP contribution is 2.24. The van der Waals surface area contributed by atoms with Gasteiger partial charge in [-0.05, 0) is 55.2 Å². The molecule has 6 nitrogen and oxygen atoms in total. The monoisotopic (exact) mass is 451 g/mol. The molecular weight excluding hydrogens is 418 g/mol. The number of aliphatic hydroxyl groups excluding tert-OH is 1. The van der Waals surface area contributed by atoms with Crippen LogP contribution in [0.1, 0.15) is 31.4 Å². The van der Waals surface area contributed by atoms with Gasteiger partial charge in [-0.1, -0.05) is 67.6 Å². The topological polar surface area (TPSA) is 102 Å². The van der Waals surface area contributed by atoms with Gasteiger partial charge >= 0.3 is 5.97 Å². The van der Waals surface area contributed by atoms with Crippen LogP contribution in [0.15, 0.2) is 84.9 Å². The molecule has 0 bridgehead atoms. The van der Waals surface area contributed by atoms with Crippen LogP contribution >= 0.6 is 0 Å². The zero-order valence-electron chi connectivity index (χ0n) is 19.2. The number of hydrogen-bond donors (Lipinski definition) is 3. The van der Waals surface area contributed by atoms with Crippen LogP contribution in [0.25, 0.3) is 0 Å². The Morgan fingerprint density at radius 3 is 1.91 bits per heavy atom. The highest BCUT2D eigenvalue weighted by Gasteiger charge is 2.33. The average Bonchev–Trinajstić information content (AvgIpc) is 2.85. The second-order valence-corrected chi connectivity index (χ2v) is 7.87. The lowest BCUT2D eigenvalue weighted by molar-refractivity contribution is -0.154. The van der Waals surface area contributed by atoms with Crippen LogP contribution in [-0.4, -0.2) is 34.4 Å². The molecule has 176 valence electrons. The van der Waals surface area contributed by atoms with Gasteiger partial charge in [0.2, 0.25) is 5.60 Å². The van der Waals surface area contributed by atoms with Crippen LogP contribution in [0.3, 0.4) is 0 Å². The summed E-state index contributed by atoms with van der Waals surface area (Å²) in [6.07, 6.45) is 1.13. The number of carboxylic acid groups (broad SMARTS) is 1. The van der Waals surface area contributed by atoms with Gasteiger partial charge in [0, 0.05) is 6.04 Å². The van der Waals surface area contributed by atoms with Crippen molar-refractivity contribution >= 4 is 5.97 Å². The van der Waals surface area contributed by atoms with E-state index < -0.39 is 11.6 Å². The lowest BCUT2D eigenvalue weighted by Gasteiger charge is -2.24. The Morgan fingerprint density at radius 1 is 0.909 bits per heavy atom. The van der Waals surface area contributed by atoms with Gasteiger partial charge in [0.1, 0.15) is 18.1 Å². The van der Waals surface area contributed by atoms with Crippen molar-refractivity contribution in [1.29, 1.82) is 0 Å². The van der Waals surface area contributed by atoms with Crippen molar-refractivity contribution in [2.24, 2.45) is 5.73 Å². The Bertz CT molecular complexity index is 947. The van der Waals surface area contributed by atoms with Gasteiger partial charge in [0.05, 0.1) is 6.61 Å². The Morgan fingerprint density at radius 2 is 1.42 bits per heavy atom. The minimum absolute atomic E-state index is 0.0505. The fraction of sp³-hybridized carbons (Fsp3) is 0.296. The second-order valence-electron chi connectivity index (χ2n) is 7.87. The van der Waals surface area contributed by atoms with E-state index in [0.29, 0.717) is 24.5 Å². The highest BCUT2D eigenvalue weighted by atomic mass is 16.5. The Hall–Kier alpha value is -3.35. The maximum atomic E-state index is 11.2. The number of ether oxygens (including phenoxy) is 2. The SMILES string of the molecule is CC[C@@](C)(Oc1ccc(OCc2ccccc2)cc1)C(=O)O.N[C@@H](CO)Cc1ccccc1. The number of rotatable bonds is 10. The Kier molecular flexibility index (Phi) is 10.4. The number of nitrogens with two attached hydrogens (primary N) is 1. The predicted molar refractivity (Wildman–Crippen MR) is 129 cm³/mol. The standard InChI is InChI=1S/C18H20O4.C9H13NO/c1-3-18(2,17(19)20)22-16-11-9-15(10-12-16)21-13-14-7-5-4-6-8-14;10-9(7-11)6-8-4-2-1-3-5-8/h4-12H,3,13H2,1-2H3,(H,19,20);1-5,9,11H,6-7,10H2/t18-;9-/m11/s1. The largest absolute Gasteiger partial charge is 0.489 e. The molecule has 0 aliphatic heterocycles. The molecule has 0 unspecified atom stereocenters. The summed E-state index contributed by atoms with van der Waals surface area (Å²) < 4.78 is 11.3. The first-order chi connectivity index (χ1) is 15.9. The molecule has 0 aliphatic carbocycles. The van der Waals surface area contributed by atoms with E-state index in [2.05, 4.69) is 0 Å². The summed E-state index contributed by atoms with van der Waals surface area (Å²) in [5.41, 5.74) is 6.60. The summed E-state index contributed by atoms with van der Waals surface area (Å²) in [4.78, 5) is 11.2. The molecule has 3 rings (SSSR count). The minimum atomic E-state index is -1.22. The van der Waals surface area contributed by atoms with Crippen LogP contribution < -0.4 is 15.2 Å². The molecule has 0 radical (unpaired) electrons. The van der Waals surface area contributed by atoms with E-state index in [4.69, 9.17) is 20.3 Å². The highest BCUT2D eigenvalue weighted by molar-refractivity contribution is 5.77. The fourth-order valence-corrected chi connectivity index (χ4v) is 2.85. The van der Waals surface area contributed by atoms with Crippen LogP contribution in [-0.2, 0) is 17.8 Å². The third-order valence-corrected chi connectivity index (χ3v) is 5.12. The maximum Gasteiger partial charge on any atom is 0.347 e. The van der Waals surface area contributed by atoms with Gasteiger partial charge < -0.3 is 25.4 Å². The van der Waals surface area contributed by atoms with Crippen molar-refractivity contribution in [1.82, 2.24) is 0 Å². The van der Waals surface area contributed by atoms with Crippen LogP contribution in [0, 0.1) is 0 Å². The summed E-state index contributed by atoms with van der Waals surface area (Å²) in [5, 5.41) is 17.9. The van der Waals surface area contributed by atoms with Crippen molar-refractivity contribution in [2.45, 2.75) is 44.9 Å². The summed E-state index contributed by atoms with van der Waals surface area (Å²) in [6, 6.07) is 26.7. The van der Waals surface area contributed by atoms with Crippen molar-refractivity contribution < 1.29 is 24.5 Å². The minimum Gasteiger partial charge on any atom is -0.489 e. The third kappa shape index (κ3) is 8.96. The predicted octanol–water partition coefficient (Wildman–Crippen LogP) is 4.45. The van der Waals surface area contributed by atoms with E-state index in [1.54, 1.807) is 38.1 Å². The molecule has 0 saturated heterocycles. The van der Waals surface area contributed by atoms with Gasteiger partial charge in [-0.25, -0.2) is 4.79 Å². The lowest BCUT2D eigenvalue weighted by atomic mass is 10.0. The third-order valence-electron chi connectivity index (χ3n) is 5.12. The zero-order chi connectivity index (χ0) is 24.1. The van der Waals surface area contributed by atoms with Crippen molar-refractivity contribution in [2.75, 3.05) is 6.61 Å². The fourth-order valence-electron chi connectivity index (χ4n) is 2.85. The summed E-state index contributed by atoms with van der Waals surface area (Å²) >= 11 is 0. The molecular formula is C27H33NO5. The Labute approximate surface area is 195 Å². The number of aliphatic carboxylic acids is 1. The molecule has 3 aromatic carbocycles. The summed E-state index contributed by atoms with van der Waals surface area (Å²) in [7, 11) is 0. The average molecular weight is 452 g/mol. The second kappa shape index (κ2) is 13.3. The van der Waals surface area contributed by atoms with E-state index in [1.165, 1.54) is 5.56 Å². The van der Waals surface area contributed by atoms with E-state index in [1.807, 2.05) is 60.7 Å². The number of benzene rings is 3. The van der Waals surface area contributed by atoms with Gasteiger partial charge in [0.25, 0.3) is 0 Å². The number of aliphatic hydroxyl groups is 1. The van der Waals surface area contributed by atoms with Crippen LogP contribution in [0.4, 0.5) is 0 Å². The molecule has 6 heteroatoms. The number of carbonyl (C=O) groups is 1. The van der Waals surface area contributed by atoms with E-state index in [0.717, 1.165) is 12.0 Å². The van der Waals surface area contributed by atoms with Gasteiger partial charge in [-0.2, -0.15) is 0 Å². The molecule has 33 heavy (non-hydrogen) atoms. The molecule has 4 N–H and O–H groups in total. The van der Waals surface area contributed by atoms with Gasteiger partial charge in [0.15, 0.2) is 0 Å². The maximum absolute atomic E-state index is 11.2. The molecule has 3 aromatic rings. The molecule has 0 fully saturated rings.